The highest BCUT2D eigenvalue weighted by atomic mass is 16.7. The van der Waals surface area contributed by atoms with Crippen molar-refractivity contribution < 1.29 is 28.6 Å². The van der Waals surface area contributed by atoms with Crippen LogP contribution in [0.15, 0.2) is 36.5 Å². The van der Waals surface area contributed by atoms with Crippen LogP contribution >= 0.6 is 0 Å². The van der Waals surface area contributed by atoms with Crippen molar-refractivity contribution in [1.29, 1.82) is 0 Å². The van der Waals surface area contributed by atoms with Gasteiger partial charge in [-0.2, -0.15) is 0 Å². The number of benzene rings is 1. The zero-order valence-electron chi connectivity index (χ0n) is 15.7. The first-order chi connectivity index (χ1) is 14.0. The van der Waals surface area contributed by atoms with Crippen LogP contribution in [-0.4, -0.2) is 42.7 Å². The van der Waals surface area contributed by atoms with Gasteiger partial charge >= 0.3 is 5.97 Å². The Hall–Kier alpha value is -3.62. The quantitative estimate of drug-likeness (QED) is 0.769. The van der Waals surface area contributed by atoms with Gasteiger partial charge in [-0.1, -0.05) is 0 Å². The molecule has 0 bridgehead atoms. The van der Waals surface area contributed by atoms with Gasteiger partial charge < -0.3 is 24.4 Å². The number of ether oxygens (including phenoxy) is 3. The zero-order valence-corrected chi connectivity index (χ0v) is 15.7. The maximum absolute atomic E-state index is 12.6. The van der Waals surface area contributed by atoms with E-state index in [1.165, 1.54) is 18.3 Å². The van der Waals surface area contributed by atoms with Crippen LogP contribution in [0.4, 0.5) is 11.5 Å². The fourth-order valence-corrected chi connectivity index (χ4v) is 3.25. The number of aromatic nitrogens is 1. The first kappa shape index (κ1) is 18.7. The molecule has 9 nitrogen and oxygen atoms in total. The summed E-state index contributed by atoms with van der Waals surface area (Å²) in [4.78, 5) is 42.5. The summed E-state index contributed by atoms with van der Waals surface area (Å²) in [6.07, 6.45) is 1.50. The van der Waals surface area contributed by atoms with E-state index in [0.29, 0.717) is 22.7 Å². The van der Waals surface area contributed by atoms with E-state index >= 15 is 0 Å². The van der Waals surface area contributed by atoms with Crippen LogP contribution in [-0.2, 0) is 14.3 Å². The standard InChI is InChI=1S/C20H19N3O6/c1-2-27-20(26)12-5-6-21-17(7-12)22-19(25)13-8-18(24)23(10-13)14-3-4-15-16(9-14)29-11-28-15/h3-7,9,13H,2,8,10-11H2,1H3,(H,21,22,25). The molecule has 1 fully saturated rings. The predicted octanol–water partition coefficient (Wildman–Crippen LogP) is 1.98. The van der Waals surface area contributed by atoms with Crippen molar-refractivity contribution in [2.75, 3.05) is 30.2 Å². The Morgan fingerprint density at radius 2 is 2.07 bits per heavy atom. The van der Waals surface area contributed by atoms with E-state index < -0.39 is 11.9 Å². The summed E-state index contributed by atoms with van der Waals surface area (Å²) in [6.45, 7) is 2.35. The van der Waals surface area contributed by atoms with Crippen molar-refractivity contribution in [3.8, 4) is 11.5 Å². The lowest BCUT2D eigenvalue weighted by atomic mass is 10.1. The van der Waals surface area contributed by atoms with Gasteiger partial charge in [-0.25, -0.2) is 9.78 Å². The highest BCUT2D eigenvalue weighted by Crippen LogP contribution is 2.37. The number of hydrogen-bond acceptors (Lipinski definition) is 7. The van der Waals surface area contributed by atoms with Crippen molar-refractivity contribution in [2.45, 2.75) is 13.3 Å². The maximum atomic E-state index is 12.6. The van der Waals surface area contributed by atoms with Gasteiger partial charge in [0.05, 0.1) is 18.1 Å². The average Bonchev–Trinajstić information content (AvgIpc) is 3.34. The molecule has 29 heavy (non-hydrogen) atoms. The Morgan fingerprint density at radius 3 is 2.90 bits per heavy atom. The number of hydrogen-bond donors (Lipinski definition) is 1. The number of amides is 2. The third-order valence-corrected chi connectivity index (χ3v) is 4.69. The topological polar surface area (TPSA) is 107 Å². The summed E-state index contributed by atoms with van der Waals surface area (Å²) >= 11 is 0. The van der Waals surface area contributed by atoms with Crippen LogP contribution in [0.2, 0.25) is 0 Å². The molecule has 9 heteroatoms. The number of carbonyl (C=O) groups excluding carboxylic acids is 3. The minimum atomic E-state index is -0.541. The molecule has 1 aromatic heterocycles. The molecule has 0 radical (unpaired) electrons. The van der Waals surface area contributed by atoms with Gasteiger partial charge in [0, 0.05) is 30.9 Å². The molecule has 2 aromatic rings. The Labute approximate surface area is 166 Å². The minimum Gasteiger partial charge on any atom is -0.462 e. The molecule has 2 amide bonds. The number of anilines is 2. The fourth-order valence-electron chi connectivity index (χ4n) is 3.25. The summed E-state index contributed by atoms with van der Waals surface area (Å²) in [5.41, 5.74) is 0.943. The van der Waals surface area contributed by atoms with Gasteiger partial charge in [-0.05, 0) is 31.2 Å². The number of carbonyl (C=O) groups is 3. The molecule has 2 aliphatic rings. The smallest absolute Gasteiger partial charge is 0.338 e. The molecule has 0 saturated carbocycles. The van der Waals surface area contributed by atoms with Crippen molar-refractivity contribution in [3.05, 3.63) is 42.1 Å². The Morgan fingerprint density at radius 1 is 1.24 bits per heavy atom. The van der Waals surface area contributed by atoms with Crippen LogP contribution in [0, 0.1) is 5.92 Å². The Balaban J connectivity index is 1.43. The van der Waals surface area contributed by atoms with Crippen molar-refractivity contribution >= 4 is 29.3 Å². The fraction of sp³-hybridized carbons (Fsp3) is 0.300. The summed E-state index contributed by atoms with van der Waals surface area (Å²) in [5, 5.41) is 2.67. The molecule has 0 aliphatic carbocycles. The van der Waals surface area contributed by atoms with Crippen LogP contribution < -0.4 is 19.7 Å². The average molecular weight is 397 g/mol. The van der Waals surface area contributed by atoms with Gasteiger partial charge in [0.2, 0.25) is 18.6 Å². The monoisotopic (exact) mass is 397 g/mol. The second-order valence-electron chi connectivity index (χ2n) is 6.58. The first-order valence-corrected chi connectivity index (χ1v) is 9.19. The van der Waals surface area contributed by atoms with E-state index in [0.717, 1.165) is 0 Å². The van der Waals surface area contributed by atoms with Crippen LogP contribution in [0.5, 0.6) is 11.5 Å². The number of nitrogens with one attached hydrogen (secondary N) is 1. The second-order valence-corrected chi connectivity index (χ2v) is 6.58. The lowest BCUT2D eigenvalue weighted by Crippen LogP contribution is -2.28. The van der Waals surface area contributed by atoms with Gasteiger partial charge in [0.1, 0.15) is 5.82 Å². The molecule has 1 atom stereocenters. The van der Waals surface area contributed by atoms with Crippen molar-refractivity contribution in [3.63, 3.8) is 0 Å². The number of nitrogens with zero attached hydrogens (tertiary/aromatic N) is 2. The molecule has 1 aromatic carbocycles. The normalized spacial score (nSPS) is 17.3. The molecule has 2 aliphatic heterocycles. The molecular formula is C20H19N3O6. The Kier molecular flexibility index (Phi) is 5.03. The summed E-state index contributed by atoms with van der Waals surface area (Å²) in [5.74, 6) is -0.0938. The SMILES string of the molecule is CCOC(=O)c1ccnc(NC(=O)C2CC(=O)N(c3ccc4c(c3)OCO4)C2)c1. The number of rotatable bonds is 5. The minimum absolute atomic E-state index is 0.0812. The predicted molar refractivity (Wildman–Crippen MR) is 102 cm³/mol. The van der Waals surface area contributed by atoms with Crippen molar-refractivity contribution in [2.24, 2.45) is 5.92 Å². The highest BCUT2D eigenvalue weighted by Gasteiger charge is 2.36. The maximum Gasteiger partial charge on any atom is 0.338 e. The van der Waals surface area contributed by atoms with Gasteiger partial charge in [0.15, 0.2) is 11.5 Å². The van der Waals surface area contributed by atoms with Gasteiger partial charge in [-0.3, -0.25) is 9.59 Å². The van der Waals surface area contributed by atoms with E-state index in [-0.39, 0.29) is 44.0 Å². The first-order valence-electron chi connectivity index (χ1n) is 9.19. The van der Waals surface area contributed by atoms with E-state index in [1.807, 2.05) is 0 Å². The molecule has 3 heterocycles. The third-order valence-electron chi connectivity index (χ3n) is 4.69. The largest absolute Gasteiger partial charge is 0.462 e. The summed E-state index contributed by atoms with van der Waals surface area (Å²) < 4.78 is 15.6. The molecule has 0 spiro atoms. The van der Waals surface area contributed by atoms with Crippen LogP contribution in [0.1, 0.15) is 23.7 Å². The zero-order chi connectivity index (χ0) is 20.4. The van der Waals surface area contributed by atoms with Gasteiger partial charge in [-0.15, -0.1) is 0 Å². The van der Waals surface area contributed by atoms with E-state index in [4.69, 9.17) is 14.2 Å². The van der Waals surface area contributed by atoms with Gasteiger partial charge in [0.25, 0.3) is 0 Å². The number of esters is 1. The molecule has 1 N–H and O–H groups in total. The molecule has 150 valence electrons. The molecular weight excluding hydrogens is 378 g/mol. The lowest BCUT2D eigenvalue weighted by molar-refractivity contribution is -0.122. The molecule has 1 unspecified atom stereocenters. The third kappa shape index (κ3) is 3.84. The summed E-state index contributed by atoms with van der Waals surface area (Å²) in [7, 11) is 0. The van der Waals surface area contributed by atoms with Crippen molar-refractivity contribution in [1.82, 2.24) is 4.98 Å². The Bertz CT molecular complexity index is 976. The van der Waals surface area contributed by atoms with E-state index in [9.17, 15) is 14.4 Å². The summed E-state index contributed by atoms with van der Waals surface area (Å²) in [6, 6.07) is 8.18. The molecule has 1 saturated heterocycles. The van der Waals surface area contributed by atoms with Crippen LogP contribution in [0.3, 0.4) is 0 Å². The number of fused-ring (bicyclic) bond motifs is 1. The van der Waals surface area contributed by atoms with E-state index in [2.05, 4.69) is 10.3 Å². The number of pyridine rings is 1. The highest BCUT2D eigenvalue weighted by molar-refractivity contribution is 6.03. The van der Waals surface area contributed by atoms with Crippen LogP contribution in [0.25, 0.3) is 0 Å². The lowest BCUT2D eigenvalue weighted by Gasteiger charge is -2.17. The second kappa shape index (κ2) is 7.78. The molecule has 4 rings (SSSR count). The van der Waals surface area contributed by atoms with E-state index in [1.54, 1.807) is 30.0 Å².